The quantitative estimate of drug-likeness (QED) is 0.762. The zero-order valence-electron chi connectivity index (χ0n) is 14.8. The van der Waals surface area contributed by atoms with E-state index in [2.05, 4.69) is 0 Å². The van der Waals surface area contributed by atoms with Crippen LogP contribution in [0.3, 0.4) is 0 Å². The molecule has 0 heterocycles. The monoisotopic (exact) mass is 360 g/mol. The van der Waals surface area contributed by atoms with Gasteiger partial charge < -0.3 is 4.90 Å². The summed E-state index contributed by atoms with van der Waals surface area (Å²) in [5.74, 6) is -0.131. The van der Waals surface area contributed by atoms with Crippen molar-refractivity contribution in [3.05, 3.63) is 60.2 Å². The molecule has 2 rings (SSSR count). The van der Waals surface area contributed by atoms with Gasteiger partial charge in [-0.2, -0.15) is 0 Å². The van der Waals surface area contributed by atoms with Gasteiger partial charge in [-0.05, 0) is 30.2 Å². The minimum absolute atomic E-state index is 0.108. The molecule has 25 heavy (non-hydrogen) atoms. The third-order valence-electron chi connectivity index (χ3n) is 4.09. The lowest BCUT2D eigenvalue weighted by Gasteiger charge is -2.25. The van der Waals surface area contributed by atoms with E-state index in [1.165, 1.54) is 10.6 Å². The number of nitrogens with zero attached hydrogens (tertiary/aromatic N) is 2. The number of rotatable bonds is 7. The van der Waals surface area contributed by atoms with Crippen LogP contribution in [0.15, 0.2) is 54.6 Å². The summed E-state index contributed by atoms with van der Waals surface area (Å²) in [5.41, 5.74) is 2.37. The second-order valence-electron chi connectivity index (χ2n) is 5.86. The van der Waals surface area contributed by atoms with Crippen molar-refractivity contribution >= 4 is 27.3 Å². The molecule has 0 unspecified atom stereocenters. The molecule has 6 heteroatoms. The number of carbonyl (C=O) groups excluding carboxylic acids is 1. The zero-order chi connectivity index (χ0) is 18.4. The molecule has 0 atom stereocenters. The summed E-state index contributed by atoms with van der Waals surface area (Å²) in [6, 6.07) is 16.7. The Labute approximate surface area is 149 Å². The molecule has 0 fully saturated rings. The first-order valence-corrected chi connectivity index (χ1v) is 10.1. The topological polar surface area (TPSA) is 57.7 Å². The summed E-state index contributed by atoms with van der Waals surface area (Å²) in [4.78, 5) is 14.0. The average molecular weight is 360 g/mol. The third kappa shape index (κ3) is 4.82. The number of benzene rings is 2. The summed E-state index contributed by atoms with van der Waals surface area (Å²) >= 11 is 0. The fraction of sp³-hybridized carbons (Fsp3) is 0.316. The molecule has 0 radical (unpaired) electrons. The molecule has 0 aliphatic rings. The molecule has 2 aromatic rings. The molecule has 5 nitrogen and oxygen atoms in total. The summed E-state index contributed by atoms with van der Waals surface area (Å²) in [5, 5.41) is 0. The maximum atomic E-state index is 12.5. The first-order chi connectivity index (χ1) is 11.8. The van der Waals surface area contributed by atoms with Crippen molar-refractivity contribution in [2.75, 3.05) is 29.1 Å². The van der Waals surface area contributed by atoms with Crippen molar-refractivity contribution in [3.63, 3.8) is 0 Å². The van der Waals surface area contributed by atoms with E-state index in [4.69, 9.17) is 0 Å². The highest BCUT2D eigenvalue weighted by Crippen LogP contribution is 2.24. The molecule has 0 saturated heterocycles. The normalized spacial score (nSPS) is 11.2. The Balaban J connectivity index is 2.18. The van der Waals surface area contributed by atoms with E-state index in [1.54, 1.807) is 18.0 Å². The van der Waals surface area contributed by atoms with Crippen LogP contribution >= 0.6 is 0 Å². The fourth-order valence-corrected chi connectivity index (χ4v) is 3.64. The van der Waals surface area contributed by atoms with E-state index in [1.807, 2.05) is 55.5 Å². The largest absolute Gasteiger partial charge is 0.315 e. The molecule has 0 saturated carbocycles. The Morgan fingerprint density at radius 1 is 1.00 bits per heavy atom. The van der Waals surface area contributed by atoms with Crippen molar-refractivity contribution in [1.82, 2.24) is 0 Å². The van der Waals surface area contributed by atoms with E-state index in [9.17, 15) is 13.2 Å². The second kappa shape index (κ2) is 8.16. The average Bonchev–Trinajstić information content (AvgIpc) is 2.61. The predicted octanol–water partition coefficient (Wildman–Crippen LogP) is 3.07. The van der Waals surface area contributed by atoms with Crippen molar-refractivity contribution < 1.29 is 13.2 Å². The van der Waals surface area contributed by atoms with Gasteiger partial charge in [-0.3, -0.25) is 9.10 Å². The van der Waals surface area contributed by atoms with Crippen LogP contribution in [0.2, 0.25) is 0 Å². The Kier molecular flexibility index (Phi) is 6.20. The van der Waals surface area contributed by atoms with Gasteiger partial charge in [-0.1, -0.05) is 43.3 Å². The first-order valence-electron chi connectivity index (χ1n) is 8.21. The van der Waals surface area contributed by atoms with Crippen molar-refractivity contribution in [1.29, 1.82) is 0 Å². The molecule has 134 valence electrons. The van der Waals surface area contributed by atoms with Crippen LogP contribution in [0, 0.1) is 0 Å². The number of amides is 1. The Morgan fingerprint density at radius 3 is 2.20 bits per heavy atom. The first kappa shape index (κ1) is 19.0. The summed E-state index contributed by atoms with van der Waals surface area (Å²) in [6.45, 7) is 2.10. The van der Waals surface area contributed by atoms with Crippen LogP contribution < -0.4 is 9.21 Å². The van der Waals surface area contributed by atoms with Gasteiger partial charge >= 0.3 is 0 Å². The number of para-hydroxylation sites is 2. The minimum atomic E-state index is -3.47. The molecule has 1 amide bonds. The van der Waals surface area contributed by atoms with Gasteiger partial charge in [-0.15, -0.1) is 0 Å². The number of hydrogen-bond acceptors (Lipinski definition) is 3. The van der Waals surface area contributed by atoms with Crippen LogP contribution in [0.4, 0.5) is 11.4 Å². The van der Waals surface area contributed by atoms with Gasteiger partial charge in [0.1, 0.15) is 0 Å². The van der Waals surface area contributed by atoms with E-state index < -0.39 is 10.0 Å². The highest BCUT2D eigenvalue weighted by Gasteiger charge is 2.21. The molecular weight excluding hydrogens is 336 g/mol. The van der Waals surface area contributed by atoms with Crippen LogP contribution in [0.1, 0.15) is 18.9 Å². The molecule has 0 aliphatic carbocycles. The van der Waals surface area contributed by atoms with E-state index in [0.717, 1.165) is 17.7 Å². The zero-order valence-corrected chi connectivity index (χ0v) is 15.7. The Hall–Kier alpha value is -2.34. The number of aryl methyl sites for hydroxylation is 1. The fourth-order valence-electron chi connectivity index (χ4n) is 2.68. The minimum Gasteiger partial charge on any atom is -0.315 e. The van der Waals surface area contributed by atoms with Crippen LogP contribution in [0.25, 0.3) is 0 Å². The lowest BCUT2D eigenvalue weighted by atomic mass is 10.1. The summed E-state index contributed by atoms with van der Waals surface area (Å²) in [6.07, 6.45) is 2.00. The highest BCUT2D eigenvalue weighted by molar-refractivity contribution is 7.92. The highest BCUT2D eigenvalue weighted by atomic mass is 32.2. The standard InChI is InChI=1S/C19H24N2O3S/c1-4-16-10-8-9-13-18(16)21(25(3,23)24)15-14-19(22)20(2)17-11-6-5-7-12-17/h5-13H,4,14-15H2,1-3H3. The lowest BCUT2D eigenvalue weighted by molar-refractivity contribution is -0.118. The van der Waals surface area contributed by atoms with Gasteiger partial charge in [0.05, 0.1) is 11.9 Å². The van der Waals surface area contributed by atoms with Crippen LogP contribution in [0.5, 0.6) is 0 Å². The number of anilines is 2. The van der Waals surface area contributed by atoms with Gasteiger partial charge in [0.25, 0.3) is 0 Å². The van der Waals surface area contributed by atoms with Gasteiger partial charge in [0.15, 0.2) is 0 Å². The number of hydrogen-bond donors (Lipinski definition) is 0. The van der Waals surface area contributed by atoms with Crippen molar-refractivity contribution in [2.45, 2.75) is 19.8 Å². The van der Waals surface area contributed by atoms with Gasteiger partial charge in [-0.25, -0.2) is 8.42 Å². The maximum absolute atomic E-state index is 12.5. The molecular formula is C19H24N2O3S. The van der Waals surface area contributed by atoms with Gasteiger partial charge in [0.2, 0.25) is 15.9 Å². The van der Waals surface area contributed by atoms with Crippen LogP contribution in [-0.2, 0) is 21.2 Å². The summed E-state index contributed by atoms with van der Waals surface area (Å²) in [7, 11) is -1.78. The number of carbonyl (C=O) groups is 1. The Morgan fingerprint density at radius 2 is 1.60 bits per heavy atom. The second-order valence-corrected chi connectivity index (χ2v) is 7.76. The molecule has 0 bridgehead atoms. The maximum Gasteiger partial charge on any atom is 0.232 e. The third-order valence-corrected chi connectivity index (χ3v) is 5.27. The molecule has 0 aromatic heterocycles. The van der Waals surface area contributed by atoms with E-state index in [0.29, 0.717) is 5.69 Å². The molecule has 0 N–H and O–H groups in total. The van der Waals surface area contributed by atoms with E-state index >= 15 is 0 Å². The molecule has 0 spiro atoms. The van der Waals surface area contributed by atoms with Crippen molar-refractivity contribution in [2.24, 2.45) is 0 Å². The van der Waals surface area contributed by atoms with Gasteiger partial charge in [0, 0.05) is 25.7 Å². The van der Waals surface area contributed by atoms with Crippen molar-refractivity contribution in [3.8, 4) is 0 Å². The smallest absolute Gasteiger partial charge is 0.232 e. The predicted molar refractivity (Wildman–Crippen MR) is 102 cm³/mol. The molecule has 2 aromatic carbocycles. The SMILES string of the molecule is CCc1ccccc1N(CCC(=O)N(C)c1ccccc1)S(C)(=O)=O. The Bertz CT molecular complexity index is 820. The lowest BCUT2D eigenvalue weighted by Crippen LogP contribution is -2.35. The number of sulfonamides is 1. The van der Waals surface area contributed by atoms with Crippen LogP contribution in [-0.4, -0.2) is 34.2 Å². The molecule has 0 aliphatic heterocycles. The van der Waals surface area contributed by atoms with E-state index in [-0.39, 0.29) is 18.9 Å². The summed E-state index contributed by atoms with van der Waals surface area (Å²) < 4.78 is 25.8.